The van der Waals surface area contributed by atoms with Crippen LogP contribution in [-0.4, -0.2) is 0 Å². The summed E-state index contributed by atoms with van der Waals surface area (Å²) >= 11 is 0. The Morgan fingerprint density at radius 1 is 0.429 bits per heavy atom. The Bertz CT molecular complexity index is 2460. The van der Waals surface area contributed by atoms with Gasteiger partial charge < -0.3 is 0 Å². The number of hydrogen-bond donors (Lipinski definition) is 0. The molecule has 10 rings (SSSR count). The number of rotatable bonds is 1. The summed E-state index contributed by atoms with van der Waals surface area (Å²) < 4.78 is 0. The van der Waals surface area contributed by atoms with E-state index in [0.29, 0.717) is 0 Å². The van der Waals surface area contributed by atoms with E-state index in [0.717, 1.165) is 19.3 Å². The molecule has 0 heterocycles. The summed E-state index contributed by atoms with van der Waals surface area (Å²) in [4.78, 5) is 0. The summed E-state index contributed by atoms with van der Waals surface area (Å²) in [5.74, 6) is 0. The molecule has 0 aliphatic heterocycles. The first-order valence-corrected chi connectivity index (χ1v) is 17.6. The van der Waals surface area contributed by atoms with Crippen molar-refractivity contribution in [1.82, 2.24) is 0 Å². The number of allylic oxidation sites excluding steroid dienone is 3. The molecule has 0 saturated heterocycles. The van der Waals surface area contributed by atoms with Gasteiger partial charge in [0.05, 0.1) is 10.8 Å². The first-order valence-electron chi connectivity index (χ1n) is 17.6. The maximum absolute atomic E-state index is 5.04. The van der Waals surface area contributed by atoms with Crippen LogP contribution in [0.3, 0.4) is 0 Å². The molecule has 1 unspecified atom stereocenters. The molecule has 1 atom stereocenters. The topological polar surface area (TPSA) is 0 Å². The smallest absolute Gasteiger partial charge is 0.0725 e. The van der Waals surface area contributed by atoms with Crippen molar-refractivity contribution in [2.45, 2.75) is 30.1 Å². The van der Waals surface area contributed by atoms with Crippen LogP contribution >= 0.6 is 0 Å². The van der Waals surface area contributed by atoms with E-state index in [9.17, 15) is 0 Å². The summed E-state index contributed by atoms with van der Waals surface area (Å²) in [5.41, 5.74) is 16.2. The van der Waals surface area contributed by atoms with E-state index in [1.807, 2.05) is 0 Å². The van der Waals surface area contributed by atoms with Gasteiger partial charge in [-0.25, -0.2) is 0 Å². The lowest BCUT2D eigenvalue weighted by molar-refractivity contribution is 0.598. The average Bonchev–Trinajstić information content (AvgIpc) is 3.48. The normalized spacial score (nSPS) is 18.8. The number of fused-ring (bicyclic) bond motifs is 14. The highest BCUT2D eigenvalue weighted by Gasteiger charge is 2.57. The molecule has 0 fully saturated rings. The molecule has 3 aliphatic carbocycles. The lowest BCUT2D eigenvalue weighted by Gasteiger charge is -2.51. The van der Waals surface area contributed by atoms with Crippen LogP contribution in [0.2, 0.25) is 0 Å². The molecule has 0 bridgehead atoms. The Balaban J connectivity index is 1.44. The summed E-state index contributed by atoms with van der Waals surface area (Å²) in [5, 5.41) is 2.52. The van der Waals surface area contributed by atoms with Crippen molar-refractivity contribution < 1.29 is 0 Å². The molecule has 0 N–H and O–H groups in total. The van der Waals surface area contributed by atoms with Gasteiger partial charge in [-0.15, -0.1) is 0 Å². The van der Waals surface area contributed by atoms with Gasteiger partial charge in [0.15, 0.2) is 0 Å². The molecule has 0 amide bonds. The van der Waals surface area contributed by atoms with Crippen LogP contribution in [-0.2, 0) is 17.3 Å². The Hall–Kier alpha value is -5.72. The van der Waals surface area contributed by atoms with E-state index in [1.54, 1.807) is 0 Å². The maximum atomic E-state index is 5.04. The zero-order valence-corrected chi connectivity index (χ0v) is 27.5. The highest BCUT2D eigenvalue weighted by atomic mass is 14.6. The zero-order chi connectivity index (χ0) is 32.6. The standard InChI is InChI=1S/C49H36/c1-33-16-3-2-4-18-35-19-7-10-24-41(35)48(33)44-27-13-14-28-45(44)49(42-25-11-8-21-39(42)40-22-9-12-26-43(40)49)47-38(23-15-29-46(47)48)37-31-30-34-17-5-6-20-36(34)32-37/h2,4-15,17,19-32H,1,3,16,18H2/b4-2-. The van der Waals surface area contributed by atoms with Crippen LogP contribution in [0.5, 0.6) is 0 Å². The van der Waals surface area contributed by atoms with Gasteiger partial charge in [-0.3, -0.25) is 0 Å². The summed E-state index contributed by atoms with van der Waals surface area (Å²) in [6, 6.07) is 59.7. The predicted octanol–water partition coefficient (Wildman–Crippen LogP) is 12.0. The van der Waals surface area contributed by atoms with Gasteiger partial charge in [0.1, 0.15) is 0 Å². The van der Waals surface area contributed by atoms with Crippen molar-refractivity contribution in [1.29, 1.82) is 0 Å². The van der Waals surface area contributed by atoms with Crippen LogP contribution < -0.4 is 0 Å². The van der Waals surface area contributed by atoms with Crippen LogP contribution in [0.25, 0.3) is 33.0 Å². The molecule has 232 valence electrons. The monoisotopic (exact) mass is 624 g/mol. The lowest BCUT2D eigenvalue weighted by Crippen LogP contribution is -2.45. The molecule has 7 aromatic carbocycles. The fraction of sp³-hybridized carbons (Fsp3) is 0.102. The van der Waals surface area contributed by atoms with Crippen LogP contribution in [0.1, 0.15) is 57.3 Å². The highest BCUT2D eigenvalue weighted by Crippen LogP contribution is 2.66. The fourth-order valence-electron chi connectivity index (χ4n) is 9.78. The maximum Gasteiger partial charge on any atom is 0.0725 e. The third kappa shape index (κ3) is 3.69. The van der Waals surface area contributed by atoms with E-state index >= 15 is 0 Å². The van der Waals surface area contributed by atoms with Crippen molar-refractivity contribution in [3.8, 4) is 22.3 Å². The minimum absolute atomic E-state index is 0.515. The molecule has 0 heteroatoms. The van der Waals surface area contributed by atoms with Crippen LogP contribution in [0.15, 0.2) is 182 Å². The van der Waals surface area contributed by atoms with E-state index in [2.05, 4.69) is 170 Å². The van der Waals surface area contributed by atoms with E-state index < -0.39 is 10.8 Å². The first-order chi connectivity index (χ1) is 24.2. The molecule has 0 radical (unpaired) electrons. The van der Waals surface area contributed by atoms with Crippen molar-refractivity contribution in [3.63, 3.8) is 0 Å². The Labute approximate surface area is 288 Å². The third-order valence-electron chi connectivity index (χ3n) is 11.7. The van der Waals surface area contributed by atoms with E-state index in [1.165, 1.54) is 83.1 Å². The number of benzene rings is 7. The first kappa shape index (κ1) is 28.3. The second-order valence-electron chi connectivity index (χ2n) is 13.9. The minimum atomic E-state index is -0.529. The van der Waals surface area contributed by atoms with Gasteiger partial charge in [0.25, 0.3) is 0 Å². The fourth-order valence-corrected chi connectivity index (χ4v) is 9.78. The van der Waals surface area contributed by atoms with Gasteiger partial charge in [-0.1, -0.05) is 176 Å². The molecule has 49 heavy (non-hydrogen) atoms. The molecular weight excluding hydrogens is 589 g/mol. The molecule has 0 aromatic heterocycles. The summed E-state index contributed by atoms with van der Waals surface area (Å²) in [7, 11) is 0. The Morgan fingerprint density at radius 3 is 1.76 bits per heavy atom. The molecule has 3 aliphatic rings. The van der Waals surface area contributed by atoms with Crippen LogP contribution in [0, 0.1) is 0 Å². The van der Waals surface area contributed by atoms with Crippen molar-refractivity contribution in [3.05, 3.63) is 227 Å². The highest BCUT2D eigenvalue weighted by molar-refractivity contribution is 5.94. The van der Waals surface area contributed by atoms with E-state index in [-0.39, 0.29) is 0 Å². The Morgan fingerprint density at radius 2 is 1.00 bits per heavy atom. The molecule has 2 spiro atoms. The number of hydrogen-bond acceptors (Lipinski definition) is 0. The van der Waals surface area contributed by atoms with E-state index in [4.69, 9.17) is 6.58 Å². The summed E-state index contributed by atoms with van der Waals surface area (Å²) in [6.45, 7) is 5.04. The van der Waals surface area contributed by atoms with Crippen molar-refractivity contribution >= 4 is 10.8 Å². The van der Waals surface area contributed by atoms with Crippen LogP contribution in [0.4, 0.5) is 0 Å². The quantitative estimate of drug-likeness (QED) is 0.159. The van der Waals surface area contributed by atoms with Gasteiger partial charge in [0, 0.05) is 0 Å². The molecule has 0 nitrogen and oxygen atoms in total. The van der Waals surface area contributed by atoms with Crippen molar-refractivity contribution in [2.75, 3.05) is 0 Å². The average molecular weight is 625 g/mol. The zero-order valence-electron chi connectivity index (χ0n) is 27.5. The Kier molecular flexibility index (Phi) is 6.15. The molecule has 0 saturated carbocycles. The second-order valence-corrected chi connectivity index (χ2v) is 13.9. The minimum Gasteiger partial charge on any atom is -0.0983 e. The SMILES string of the molecule is C=C1CC/C=C\Cc2ccccc2C12c1ccccc1C1(c3ccccc3-c3ccccc31)c1c(-c3ccc4ccccc4c3)cccc12. The lowest BCUT2D eigenvalue weighted by atomic mass is 9.50. The van der Waals surface area contributed by atoms with Gasteiger partial charge >= 0.3 is 0 Å². The summed E-state index contributed by atoms with van der Waals surface area (Å²) in [6.07, 6.45) is 7.51. The van der Waals surface area contributed by atoms with Gasteiger partial charge in [-0.05, 0) is 103 Å². The van der Waals surface area contributed by atoms with Gasteiger partial charge in [0.2, 0.25) is 0 Å². The third-order valence-corrected chi connectivity index (χ3v) is 11.7. The molecule has 7 aromatic rings. The second kappa shape index (κ2) is 10.6. The van der Waals surface area contributed by atoms with Gasteiger partial charge in [-0.2, -0.15) is 0 Å². The predicted molar refractivity (Wildman–Crippen MR) is 204 cm³/mol. The largest absolute Gasteiger partial charge is 0.0983 e. The molecular formula is C49H36. The van der Waals surface area contributed by atoms with Crippen molar-refractivity contribution in [2.24, 2.45) is 0 Å².